The van der Waals surface area contributed by atoms with Gasteiger partial charge in [-0.25, -0.2) is 0 Å². The highest BCUT2D eigenvalue weighted by molar-refractivity contribution is 5.84. The molecule has 0 aromatic heterocycles. The molecule has 0 N–H and O–H groups in total. The van der Waals surface area contributed by atoms with Gasteiger partial charge < -0.3 is 4.84 Å². The Morgan fingerprint density at radius 3 is 2.80 bits per heavy atom. The van der Waals surface area contributed by atoms with E-state index in [1.807, 2.05) is 31.2 Å². The fourth-order valence-electron chi connectivity index (χ4n) is 1.77. The van der Waals surface area contributed by atoms with Crippen molar-refractivity contribution in [1.29, 1.82) is 0 Å². The second-order valence-corrected chi connectivity index (χ2v) is 4.31. The number of para-hydroxylation sites is 1. The second-order valence-electron chi connectivity index (χ2n) is 4.31. The van der Waals surface area contributed by atoms with Gasteiger partial charge in [0.25, 0.3) is 5.69 Å². The van der Waals surface area contributed by atoms with Gasteiger partial charge in [0.05, 0.1) is 16.7 Å². The lowest BCUT2D eigenvalue weighted by atomic mass is 10.1. The molecule has 0 aliphatic heterocycles. The molecule has 0 bridgehead atoms. The topological polar surface area (TPSA) is 64.7 Å². The monoisotopic (exact) mass is 270 g/mol. The third-order valence-electron chi connectivity index (χ3n) is 2.71. The maximum Gasteiger partial charge on any atom is 0.278 e. The molecule has 2 aromatic rings. The summed E-state index contributed by atoms with van der Waals surface area (Å²) in [6.45, 7) is 2.33. The first-order valence-electron chi connectivity index (χ1n) is 6.11. The van der Waals surface area contributed by atoms with Gasteiger partial charge >= 0.3 is 0 Å². The summed E-state index contributed by atoms with van der Waals surface area (Å²) >= 11 is 0. The predicted molar refractivity (Wildman–Crippen MR) is 76.7 cm³/mol. The maximum atomic E-state index is 10.8. The first-order chi connectivity index (χ1) is 9.66. The van der Waals surface area contributed by atoms with Crippen LogP contribution in [0.3, 0.4) is 0 Å². The zero-order valence-electron chi connectivity index (χ0n) is 11.0. The van der Waals surface area contributed by atoms with Crippen molar-refractivity contribution in [2.75, 3.05) is 0 Å². The Bertz CT molecular complexity index is 639. The minimum atomic E-state index is -0.443. The molecule has 0 spiro atoms. The summed E-state index contributed by atoms with van der Waals surface area (Å²) in [6.07, 6.45) is 1.36. The van der Waals surface area contributed by atoms with Crippen LogP contribution in [0.25, 0.3) is 0 Å². The van der Waals surface area contributed by atoms with Gasteiger partial charge in [0.15, 0.2) is 0 Å². The van der Waals surface area contributed by atoms with Gasteiger partial charge in [-0.3, -0.25) is 10.1 Å². The van der Waals surface area contributed by atoms with Crippen molar-refractivity contribution in [3.8, 4) is 0 Å². The van der Waals surface area contributed by atoms with E-state index in [4.69, 9.17) is 4.84 Å². The van der Waals surface area contributed by atoms with Crippen LogP contribution in [-0.2, 0) is 11.4 Å². The highest BCUT2D eigenvalue weighted by Gasteiger charge is 2.09. The van der Waals surface area contributed by atoms with Crippen LogP contribution >= 0.6 is 0 Å². The van der Waals surface area contributed by atoms with Crippen LogP contribution in [0.4, 0.5) is 5.69 Å². The van der Waals surface area contributed by atoms with E-state index in [0.717, 1.165) is 11.1 Å². The molecule has 0 aliphatic rings. The van der Waals surface area contributed by atoms with Gasteiger partial charge in [-0.05, 0) is 18.6 Å². The number of nitrogens with zero attached hydrogens (tertiary/aromatic N) is 2. The first-order valence-corrected chi connectivity index (χ1v) is 6.11. The Balaban J connectivity index is 1.99. The van der Waals surface area contributed by atoms with Gasteiger partial charge in [0, 0.05) is 6.07 Å². The van der Waals surface area contributed by atoms with E-state index in [-0.39, 0.29) is 5.69 Å². The smallest absolute Gasteiger partial charge is 0.278 e. The zero-order chi connectivity index (χ0) is 14.4. The first kappa shape index (κ1) is 13.7. The van der Waals surface area contributed by atoms with Crippen LogP contribution in [0.15, 0.2) is 53.7 Å². The Labute approximate surface area is 116 Å². The molecule has 0 unspecified atom stereocenters. The van der Waals surface area contributed by atoms with Crippen LogP contribution in [0.2, 0.25) is 0 Å². The van der Waals surface area contributed by atoms with Crippen LogP contribution in [0.5, 0.6) is 0 Å². The summed E-state index contributed by atoms with van der Waals surface area (Å²) in [6, 6.07) is 14.3. The van der Waals surface area contributed by atoms with Crippen molar-refractivity contribution < 1.29 is 9.76 Å². The standard InChI is InChI=1S/C15H14N2O3/c1-12-5-4-6-13(9-12)11-20-16-10-14-7-2-3-8-15(14)17(18)19/h2-10H,11H2,1H3. The summed E-state index contributed by atoms with van der Waals surface area (Å²) < 4.78 is 0. The summed E-state index contributed by atoms with van der Waals surface area (Å²) in [5.74, 6) is 0. The molecule has 0 aliphatic carbocycles. The van der Waals surface area contributed by atoms with Crippen molar-refractivity contribution >= 4 is 11.9 Å². The summed E-state index contributed by atoms with van der Waals surface area (Å²) in [4.78, 5) is 15.5. The Morgan fingerprint density at radius 2 is 2.05 bits per heavy atom. The van der Waals surface area contributed by atoms with Crippen molar-refractivity contribution in [2.45, 2.75) is 13.5 Å². The van der Waals surface area contributed by atoms with Gasteiger partial charge in [-0.15, -0.1) is 0 Å². The number of nitro groups is 1. The van der Waals surface area contributed by atoms with E-state index in [1.165, 1.54) is 12.3 Å². The molecule has 0 heterocycles. The van der Waals surface area contributed by atoms with Crippen molar-refractivity contribution in [2.24, 2.45) is 5.16 Å². The normalized spacial score (nSPS) is 10.7. The quantitative estimate of drug-likeness (QED) is 0.475. The minimum absolute atomic E-state index is 0.00963. The molecular formula is C15H14N2O3. The molecule has 2 rings (SSSR count). The molecule has 0 saturated carbocycles. The average Bonchev–Trinajstić information content (AvgIpc) is 2.44. The van der Waals surface area contributed by atoms with E-state index < -0.39 is 4.92 Å². The molecule has 0 atom stereocenters. The van der Waals surface area contributed by atoms with Crippen LogP contribution in [0, 0.1) is 17.0 Å². The number of hydrogen-bond acceptors (Lipinski definition) is 4. The SMILES string of the molecule is Cc1cccc(CON=Cc2ccccc2[N+](=O)[O-])c1. The molecule has 0 saturated heterocycles. The molecule has 20 heavy (non-hydrogen) atoms. The highest BCUT2D eigenvalue weighted by atomic mass is 16.6. The lowest BCUT2D eigenvalue weighted by Gasteiger charge is -2.01. The van der Waals surface area contributed by atoms with Gasteiger partial charge in [-0.1, -0.05) is 47.1 Å². The summed E-state index contributed by atoms with van der Waals surface area (Å²) in [5, 5.41) is 14.6. The van der Waals surface area contributed by atoms with Crippen molar-refractivity contribution in [3.05, 3.63) is 75.3 Å². The maximum absolute atomic E-state index is 10.8. The van der Waals surface area contributed by atoms with Crippen LogP contribution in [0.1, 0.15) is 16.7 Å². The zero-order valence-corrected chi connectivity index (χ0v) is 11.0. The lowest BCUT2D eigenvalue weighted by Crippen LogP contribution is -1.94. The summed E-state index contributed by atoms with van der Waals surface area (Å²) in [5.41, 5.74) is 2.58. The molecule has 5 heteroatoms. The van der Waals surface area contributed by atoms with E-state index in [2.05, 4.69) is 5.16 Å². The van der Waals surface area contributed by atoms with Gasteiger partial charge in [0.2, 0.25) is 0 Å². The van der Waals surface area contributed by atoms with Crippen molar-refractivity contribution in [1.82, 2.24) is 0 Å². The van der Waals surface area contributed by atoms with Gasteiger partial charge in [-0.2, -0.15) is 0 Å². The number of rotatable bonds is 5. The molecule has 2 aromatic carbocycles. The van der Waals surface area contributed by atoms with E-state index >= 15 is 0 Å². The second kappa shape index (κ2) is 6.47. The molecule has 0 fully saturated rings. The number of nitro benzene ring substituents is 1. The average molecular weight is 270 g/mol. The Morgan fingerprint density at radius 1 is 1.25 bits per heavy atom. The molecule has 0 amide bonds. The van der Waals surface area contributed by atoms with E-state index in [1.54, 1.807) is 18.2 Å². The van der Waals surface area contributed by atoms with Gasteiger partial charge in [0.1, 0.15) is 6.61 Å². The van der Waals surface area contributed by atoms with Crippen molar-refractivity contribution in [3.63, 3.8) is 0 Å². The molecule has 5 nitrogen and oxygen atoms in total. The molecular weight excluding hydrogens is 256 g/mol. The largest absolute Gasteiger partial charge is 0.391 e. The predicted octanol–water partition coefficient (Wildman–Crippen LogP) is 3.45. The van der Waals surface area contributed by atoms with Crippen LogP contribution in [-0.4, -0.2) is 11.1 Å². The third-order valence-corrected chi connectivity index (χ3v) is 2.71. The van der Waals surface area contributed by atoms with E-state index in [9.17, 15) is 10.1 Å². The molecule has 102 valence electrons. The minimum Gasteiger partial charge on any atom is -0.391 e. The summed E-state index contributed by atoms with van der Waals surface area (Å²) in [7, 11) is 0. The number of aryl methyl sites for hydroxylation is 1. The Hall–Kier alpha value is -2.69. The number of oxime groups is 1. The fourth-order valence-corrected chi connectivity index (χ4v) is 1.77. The van der Waals surface area contributed by atoms with E-state index in [0.29, 0.717) is 12.2 Å². The fraction of sp³-hybridized carbons (Fsp3) is 0.133. The third kappa shape index (κ3) is 3.65. The number of benzene rings is 2. The molecule has 0 radical (unpaired) electrons. The highest BCUT2D eigenvalue weighted by Crippen LogP contribution is 2.15. The Kier molecular flexibility index (Phi) is 4.44. The number of hydrogen-bond donors (Lipinski definition) is 0. The van der Waals surface area contributed by atoms with Crippen LogP contribution < -0.4 is 0 Å². The lowest BCUT2D eigenvalue weighted by molar-refractivity contribution is -0.385.